The maximum atomic E-state index is 13.4. The van der Waals surface area contributed by atoms with Crippen LogP contribution in [0.3, 0.4) is 0 Å². The molecule has 108 valence electrons. The maximum Gasteiger partial charge on any atom is 0.245 e. The summed E-state index contributed by atoms with van der Waals surface area (Å²) in [6.07, 6.45) is 3.36. The molecule has 0 saturated heterocycles. The molecule has 0 aliphatic rings. The fourth-order valence-electron chi connectivity index (χ4n) is 1.98. The number of halogens is 2. The molecule has 3 aromatic rings. The molecule has 0 fully saturated rings. The summed E-state index contributed by atoms with van der Waals surface area (Å²) < 4.78 is 21.4. The van der Waals surface area contributed by atoms with Gasteiger partial charge in [0, 0.05) is 22.9 Å². The molecule has 3 rings (SSSR count). The van der Waals surface area contributed by atoms with E-state index in [9.17, 15) is 4.39 Å². The third-order valence-corrected chi connectivity index (χ3v) is 3.47. The van der Waals surface area contributed by atoms with Crippen molar-refractivity contribution >= 4 is 21.4 Å². The monoisotopic (exact) mass is 349 g/mol. The Kier molecular flexibility index (Phi) is 3.63. The Morgan fingerprint density at radius 3 is 2.76 bits per heavy atom. The van der Waals surface area contributed by atoms with Crippen LogP contribution in [-0.4, -0.2) is 14.6 Å². The number of hydrogen-bond donors (Lipinski definition) is 0. The van der Waals surface area contributed by atoms with E-state index in [2.05, 4.69) is 39.9 Å². The molecule has 2 heterocycles. The summed E-state index contributed by atoms with van der Waals surface area (Å²) in [5, 5.41) is 4.46. The molecule has 21 heavy (non-hydrogen) atoms. The van der Waals surface area contributed by atoms with Crippen molar-refractivity contribution < 1.29 is 9.13 Å². The molecule has 0 bridgehead atoms. The molecule has 1 aromatic carbocycles. The molecule has 0 aliphatic heterocycles. The first-order valence-corrected chi connectivity index (χ1v) is 7.30. The van der Waals surface area contributed by atoms with Crippen molar-refractivity contribution in [1.82, 2.24) is 14.6 Å². The largest absolute Gasteiger partial charge is 0.437 e. The highest BCUT2D eigenvalue weighted by atomic mass is 79.9. The van der Waals surface area contributed by atoms with Crippen molar-refractivity contribution in [3.8, 4) is 11.6 Å². The van der Waals surface area contributed by atoms with Gasteiger partial charge in [-0.15, -0.1) is 0 Å². The number of benzene rings is 1. The lowest BCUT2D eigenvalue weighted by Crippen LogP contribution is -1.94. The average Bonchev–Trinajstić information content (AvgIpc) is 2.82. The first kappa shape index (κ1) is 14.0. The second-order valence-corrected chi connectivity index (χ2v) is 5.91. The minimum absolute atomic E-state index is 0.307. The van der Waals surface area contributed by atoms with E-state index in [1.54, 1.807) is 23.0 Å². The molecule has 0 aliphatic carbocycles. The van der Waals surface area contributed by atoms with Crippen molar-refractivity contribution in [2.75, 3.05) is 0 Å². The van der Waals surface area contributed by atoms with Crippen LogP contribution < -0.4 is 4.74 Å². The third-order valence-electron chi connectivity index (χ3n) is 3.02. The molecule has 6 heteroatoms. The van der Waals surface area contributed by atoms with Gasteiger partial charge in [-0.05, 0) is 24.1 Å². The van der Waals surface area contributed by atoms with Crippen molar-refractivity contribution in [1.29, 1.82) is 0 Å². The quantitative estimate of drug-likeness (QED) is 0.696. The Balaban J connectivity index is 2.03. The first-order valence-electron chi connectivity index (χ1n) is 6.51. The van der Waals surface area contributed by atoms with Crippen molar-refractivity contribution in [2.24, 2.45) is 0 Å². The van der Waals surface area contributed by atoms with E-state index in [0.717, 1.165) is 11.2 Å². The van der Waals surface area contributed by atoms with Crippen LogP contribution in [0.4, 0.5) is 4.39 Å². The third kappa shape index (κ3) is 2.90. The van der Waals surface area contributed by atoms with Crippen LogP contribution in [-0.2, 0) is 0 Å². The molecule has 0 atom stereocenters. The summed E-state index contributed by atoms with van der Waals surface area (Å²) in [7, 11) is 0. The van der Waals surface area contributed by atoms with E-state index in [-0.39, 0.29) is 5.82 Å². The maximum absolute atomic E-state index is 13.4. The molecular formula is C15H13BrFN3O. The Bertz CT molecular complexity index is 780. The van der Waals surface area contributed by atoms with Crippen LogP contribution in [0.25, 0.3) is 5.52 Å². The van der Waals surface area contributed by atoms with Crippen molar-refractivity contribution in [3.63, 3.8) is 0 Å². The lowest BCUT2D eigenvalue weighted by Gasteiger charge is -2.06. The summed E-state index contributed by atoms with van der Waals surface area (Å²) in [5.41, 5.74) is 1.70. The van der Waals surface area contributed by atoms with Gasteiger partial charge in [0.2, 0.25) is 5.88 Å². The van der Waals surface area contributed by atoms with E-state index >= 15 is 0 Å². The second-order valence-electron chi connectivity index (χ2n) is 4.99. The Hall–Kier alpha value is -1.95. The number of ether oxygens (including phenoxy) is 1. The van der Waals surface area contributed by atoms with Gasteiger partial charge in [-0.1, -0.05) is 29.8 Å². The summed E-state index contributed by atoms with van der Waals surface area (Å²) in [4.78, 5) is 4.21. The van der Waals surface area contributed by atoms with E-state index in [0.29, 0.717) is 22.0 Å². The van der Waals surface area contributed by atoms with Gasteiger partial charge in [-0.3, -0.25) is 0 Å². The van der Waals surface area contributed by atoms with Gasteiger partial charge >= 0.3 is 0 Å². The van der Waals surface area contributed by atoms with E-state index < -0.39 is 0 Å². The summed E-state index contributed by atoms with van der Waals surface area (Å²) in [6, 6.07) is 6.31. The highest BCUT2D eigenvalue weighted by Crippen LogP contribution is 2.28. The van der Waals surface area contributed by atoms with Gasteiger partial charge in [0.15, 0.2) is 0 Å². The average molecular weight is 350 g/mol. The van der Waals surface area contributed by atoms with Crippen LogP contribution in [0.2, 0.25) is 0 Å². The van der Waals surface area contributed by atoms with E-state index in [1.165, 1.54) is 12.1 Å². The standard InChI is InChI=1S/C15H13BrFN3O/c1-9(2)13-8-14-15(18-3-4-20(14)19-13)21-12-6-10(16)5-11(17)7-12/h3-9H,1-2H3. The lowest BCUT2D eigenvalue weighted by molar-refractivity contribution is 0.460. The molecule has 0 amide bonds. The highest BCUT2D eigenvalue weighted by molar-refractivity contribution is 9.10. The second kappa shape index (κ2) is 5.44. The molecule has 0 saturated carbocycles. The highest BCUT2D eigenvalue weighted by Gasteiger charge is 2.12. The van der Waals surface area contributed by atoms with E-state index in [4.69, 9.17) is 4.74 Å². The SMILES string of the molecule is CC(C)c1cc2c(Oc3cc(F)cc(Br)c3)nccn2n1. The van der Waals surface area contributed by atoms with Gasteiger partial charge in [0.25, 0.3) is 0 Å². The Labute approximate surface area is 129 Å². The van der Waals surface area contributed by atoms with E-state index in [1.807, 2.05) is 6.07 Å². The van der Waals surface area contributed by atoms with Crippen LogP contribution in [0.5, 0.6) is 11.6 Å². The predicted octanol–water partition coefficient (Wildman–Crippen LogP) is 4.55. The van der Waals surface area contributed by atoms with Gasteiger partial charge in [-0.25, -0.2) is 13.9 Å². The number of nitrogens with zero attached hydrogens (tertiary/aromatic N) is 3. The zero-order chi connectivity index (χ0) is 15.0. The molecule has 0 spiro atoms. The van der Waals surface area contributed by atoms with Crippen LogP contribution in [0.15, 0.2) is 41.1 Å². The summed E-state index contributed by atoms with van der Waals surface area (Å²) in [6.45, 7) is 4.14. The van der Waals surface area contributed by atoms with Crippen molar-refractivity contribution in [3.05, 3.63) is 52.6 Å². The minimum Gasteiger partial charge on any atom is -0.437 e. The minimum atomic E-state index is -0.372. The molecule has 0 N–H and O–H groups in total. The fraction of sp³-hybridized carbons (Fsp3) is 0.200. The first-order chi connectivity index (χ1) is 10.0. The Morgan fingerprint density at radius 1 is 1.24 bits per heavy atom. The molecule has 0 radical (unpaired) electrons. The fourth-order valence-corrected chi connectivity index (χ4v) is 2.42. The number of fused-ring (bicyclic) bond motifs is 1. The molecular weight excluding hydrogens is 337 g/mol. The van der Waals surface area contributed by atoms with Crippen LogP contribution in [0.1, 0.15) is 25.5 Å². The van der Waals surface area contributed by atoms with Gasteiger partial charge in [0.1, 0.15) is 17.1 Å². The van der Waals surface area contributed by atoms with Crippen LogP contribution in [0, 0.1) is 5.82 Å². The zero-order valence-corrected chi connectivity index (χ0v) is 13.1. The predicted molar refractivity (Wildman–Crippen MR) is 81.3 cm³/mol. The number of hydrogen-bond acceptors (Lipinski definition) is 3. The summed E-state index contributed by atoms with van der Waals surface area (Å²) in [5.74, 6) is 0.716. The molecule has 4 nitrogen and oxygen atoms in total. The smallest absolute Gasteiger partial charge is 0.245 e. The zero-order valence-electron chi connectivity index (χ0n) is 11.5. The topological polar surface area (TPSA) is 39.4 Å². The molecule has 0 unspecified atom stereocenters. The van der Waals surface area contributed by atoms with Gasteiger partial charge in [-0.2, -0.15) is 5.10 Å². The number of rotatable bonds is 3. The lowest BCUT2D eigenvalue weighted by atomic mass is 10.1. The van der Waals surface area contributed by atoms with Gasteiger partial charge < -0.3 is 4.74 Å². The van der Waals surface area contributed by atoms with Gasteiger partial charge in [0.05, 0.1) is 5.69 Å². The van der Waals surface area contributed by atoms with Crippen molar-refractivity contribution in [2.45, 2.75) is 19.8 Å². The number of aromatic nitrogens is 3. The van der Waals surface area contributed by atoms with Crippen LogP contribution >= 0.6 is 15.9 Å². The Morgan fingerprint density at radius 2 is 2.05 bits per heavy atom. The molecule has 2 aromatic heterocycles. The normalized spacial score (nSPS) is 11.3. The summed E-state index contributed by atoms with van der Waals surface area (Å²) >= 11 is 3.24.